The van der Waals surface area contributed by atoms with Crippen molar-refractivity contribution in [1.29, 1.82) is 0 Å². The third-order valence-electron chi connectivity index (χ3n) is 3.46. The van der Waals surface area contributed by atoms with E-state index in [1.165, 1.54) is 0 Å². The van der Waals surface area contributed by atoms with E-state index in [-0.39, 0.29) is 6.04 Å². The van der Waals surface area contributed by atoms with Crippen molar-refractivity contribution in [1.82, 2.24) is 0 Å². The Bertz CT molecular complexity index is 445. The van der Waals surface area contributed by atoms with Gasteiger partial charge in [0.2, 0.25) is 0 Å². The van der Waals surface area contributed by atoms with Crippen molar-refractivity contribution in [2.24, 2.45) is 0 Å². The molecule has 1 atom stereocenters. The van der Waals surface area contributed by atoms with Crippen LogP contribution in [0.2, 0.25) is 0 Å². The molecule has 1 aliphatic rings. The number of anilines is 1. The molecule has 98 valence electrons. The number of nitrogens with zero attached hydrogens (tertiary/aromatic N) is 1. The number of ether oxygens (including phenoxy) is 1. The largest absolute Gasteiger partial charge is 0.478 e. The van der Waals surface area contributed by atoms with Crippen molar-refractivity contribution in [2.75, 3.05) is 25.2 Å². The van der Waals surface area contributed by atoms with E-state index in [0.29, 0.717) is 12.2 Å². The fourth-order valence-corrected chi connectivity index (χ4v) is 2.64. The third-order valence-corrected chi connectivity index (χ3v) is 3.46. The predicted molar refractivity (Wildman–Crippen MR) is 70.4 cm³/mol. The van der Waals surface area contributed by atoms with Crippen LogP contribution in [0, 0.1) is 0 Å². The van der Waals surface area contributed by atoms with Crippen LogP contribution >= 0.6 is 0 Å². The SMILES string of the molecule is COCC(C)N1CCCc2c(C(=O)O)cccc21. The van der Waals surface area contributed by atoms with Crippen LogP contribution in [0.1, 0.15) is 29.3 Å². The molecule has 1 aromatic rings. The predicted octanol–water partition coefficient (Wildman–Crippen LogP) is 2.17. The molecule has 0 aliphatic carbocycles. The van der Waals surface area contributed by atoms with Crippen molar-refractivity contribution in [3.8, 4) is 0 Å². The average Bonchev–Trinajstić information content (AvgIpc) is 2.37. The quantitative estimate of drug-likeness (QED) is 0.888. The maximum Gasteiger partial charge on any atom is 0.336 e. The molecule has 1 N–H and O–H groups in total. The minimum atomic E-state index is -0.840. The molecule has 0 bridgehead atoms. The molecule has 4 heteroatoms. The Morgan fingerprint density at radius 1 is 1.56 bits per heavy atom. The highest BCUT2D eigenvalue weighted by atomic mass is 16.5. The average molecular weight is 249 g/mol. The van der Waals surface area contributed by atoms with Crippen molar-refractivity contribution in [3.63, 3.8) is 0 Å². The van der Waals surface area contributed by atoms with Gasteiger partial charge in [0, 0.05) is 25.4 Å². The van der Waals surface area contributed by atoms with Gasteiger partial charge >= 0.3 is 5.97 Å². The van der Waals surface area contributed by atoms with Gasteiger partial charge in [-0.2, -0.15) is 0 Å². The summed E-state index contributed by atoms with van der Waals surface area (Å²) in [5, 5.41) is 9.23. The summed E-state index contributed by atoms with van der Waals surface area (Å²) in [5.41, 5.74) is 2.44. The van der Waals surface area contributed by atoms with Crippen LogP contribution in [-0.2, 0) is 11.2 Å². The zero-order chi connectivity index (χ0) is 13.1. The number of carbonyl (C=O) groups is 1. The molecule has 2 rings (SSSR count). The number of methoxy groups -OCH3 is 1. The van der Waals surface area contributed by atoms with Crippen molar-refractivity contribution >= 4 is 11.7 Å². The van der Waals surface area contributed by atoms with E-state index in [9.17, 15) is 9.90 Å². The smallest absolute Gasteiger partial charge is 0.336 e. The summed E-state index contributed by atoms with van der Waals surface area (Å²) in [5.74, 6) is -0.840. The van der Waals surface area contributed by atoms with Gasteiger partial charge < -0.3 is 14.7 Å². The van der Waals surface area contributed by atoms with E-state index in [2.05, 4.69) is 11.8 Å². The first-order valence-electron chi connectivity index (χ1n) is 6.26. The van der Waals surface area contributed by atoms with Crippen LogP contribution in [0.15, 0.2) is 18.2 Å². The normalized spacial score (nSPS) is 16.2. The number of carboxylic acid groups (broad SMARTS) is 1. The highest BCUT2D eigenvalue weighted by Crippen LogP contribution is 2.31. The summed E-state index contributed by atoms with van der Waals surface area (Å²) in [6.45, 7) is 3.71. The van der Waals surface area contributed by atoms with Crippen molar-refractivity contribution in [2.45, 2.75) is 25.8 Å². The van der Waals surface area contributed by atoms with Gasteiger partial charge in [-0.25, -0.2) is 4.79 Å². The summed E-state index contributed by atoms with van der Waals surface area (Å²) < 4.78 is 5.19. The number of fused-ring (bicyclic) bond motifs is 1. The molecule has 0 saturated carbocycles. The molecule has 0 spiro atoms. The van der Waals surface area contributed by atoms with Gasteiger partial charge in [0.1, 0.15) is 0 Å². The Kier molecular flexibility index (Phi) is 3.87. The van der Waals surface area contributed by atoms with Gasteiger partial charge in [0.05, 0.1) is 12.2 Å². The van der Waals surface area contributed by atoms with E-state index in [1.807, 2.05) is 12.1 Å². The summed E-state index contributed by atoms with van der Waals surface area (Å²) in [4.78, 5) is 13.5. The molecule has 0 saturated heterocycles. The fourth-order valence-electron chi connectivity index (χ4n) is 2.64. The Balaban J connectivity index is 2.38. The summed E-state index contributed by atoms with van der Waals surface area (Å²) >= 11 is 0. The monoisotopic (exact) mass is 249 g/mol. The van der Waals surface area contributed by atoms with Gasteiger partial charge in [-0.1, -0.05) is 6.07 Å². The number of hydrogen-bond donors (Lipinski definition) is 1. The van der Waals surface area contributed by atoms with Gasteiger partial charge in [-0.3, -0.25) is 0 Å². The van der Waals surface area contributed by atoms with Gasteiger partial charge in [-0.15, -0.1) is 0 Å². The van der Waals surface area contributed by atoms with Gasteiger partial charge in [0.25, 0.3) is 0 Å². The third kappa shape index (κ3) is 2.34. The molecule has 0 aromatic heterocycles. The molecule has 4 nitrogen and oxygen atoms in total. The number of aromatic carboxylic acids is 1. The van der Waals surface area contributed by atoms with Crippen molar-refractivity contribution in [3.05, 3.63) is 29.3 Å². The Hall–Kier alpha value is -1.55. The maximum atomic E-state index is 11.2. The summed E-state index contributed by atoms with van der Waals surface area (Å²) in [7, 11) is 1.69. The Labute approximate surface area is 107 Å². The zero-order valence-electron chi connectivity index (χ0n) is 10.8. The summed E-state index contributed by atoms with van der Waals surface area (Å²) in [6.07, 6.45) is 1.83. The fraction of sp³-hybridized carbons (Fsp3) is 0.500. The molecule has 0 amide bonds. The van der Waals surface area contributed by atoms with Crippen LogP contribution in [0.4, 0.5) is 5.69 Å². The van der Waals surface area contributed by atoms with Gasteiger partial charge in [-0.05, 0) is 37.5 Å². The first-order valence-corrected chi connectivity index (χ1v) is 6.26. The second-order valence-electron chi connectivity index (χ2n) is 4.71. The van der Waals surface area contributed by atoms with Crippen LogP contribution < -0.4 is 4.90 Å². The molecule has 0 radical (unpaired) electrons. The van der Waals surface area contributed by atoms with Crippen LogP contribution in [0.25, 0.3) is 0 Å². The lowest BCUT2D eigenvalue weighted by atomic mass is 9.95. The lowest BCUT2D eigenvalue weighted by molar-refractivity contribution is 0.0695. The highest BCUT2D eigenvalue weighted by Gasteiger charge is 2.24. The van der Waals surface area contributed by atoms with E-state index in [0.717, 1.165) is 30.6 Å². The van der Waals surface area contributed by atoms with Crippen LogP contribution in [0.3, 0.4) is 0 Å². The number of carboxylic acids is 1. The molecule has 1 heterocycles. The second kappa shape index (κ2) is 5.40. The Morgan fingerprint density at radius 2 is 2.33 bits per heavy atom. The van der Waals surface area contributed by atoms with Crippen LogP contribution in [0.5, 0.6) is 0 Å². The number of hydrogen-bond acceptors (Lipinski definition) is 3. The van der Waals surface area contributed by atoms with E-state index in [4.69, 9.17) is 4.74 Å². The lowest BCUT2D eigenvalue weighted by Gasteiger charge is -2.36. The first-order chi connectivity index (χ1) is 8.65. The first kappa shape index (κ1) is 12.9. The maximum absolute atomic E-state index is 11.2. The minimum Gasteiger partial charge on any atom is -0.478 e. The second-order valence-corrected chi connectivity index (χ2v) is 4.71. The molecular formula is C14H19NO3. The van der Waals surface area contributed by atoms with Crippen molar-refractivity contribution < 1.29 is 14.6 Å². The Morgan fingerprint density at radius 3 is 3.00 bits per heavy atom. The zero-order valence-corrected chi connectivity index (χ0v) is 10.8. The molecule has 1 aliphatic heterocycles. The van der Waals surface area contributed by atoms with Crippen LogP contribution in [-0.4, -0.2) is 37.4 Å². The molecule has 0 fully saturated rings. The molecule has 1 aromatic carbocycles. The number of benzene rings is 1. The molecule has 1 unspecified atom stereocenters. The standard InChI is InChI=1S/C14H19NO3/c1-10(9-18-2)15-8-4-6-11-12(14(16)17)5-3-7-13(11)15/h3,5,7,10H,4,6,8-9H2,1-2H3,(H,16,17). The van der Waals surface area contributed by atoms with E-state index >= 15 is 0 Å². The minimum absolute atomic E-state index is 0.262. The molecule has 18 heavy (non-hydrogen) atoms. The highest BCUT2D eigenvalue weighted by molar-refractivity contribution is 5.91. The molecular weight excluding hydrogens is 230 g/mol. The topological polar surface area (TPSA) is 49.8 Å². The summed E-state index contributed by atoms with van der Waals surface area (Å²) in [6, 6.07) is 5.77. The lowest BCUT2D eigenvalue weighted by Crippen LogP contribution is -2.40. The van der Waals surface area contributed by atoms with Gasteiger partial charge in [0.15, 0.2) is 0 Å². The van der Waals surface area contributed by atoms with E-state index < -0.39 is 5.97 Å². The number of rotatable bonds is 4. The van der Waals surface area contributed by atoms with E-state index in [1.54, 1.807) is 13.2 Å².